The molecule has 0 saturated heterocycles. The second-order valence-corrected chi connectivity index (χ2v) is 6.01. The summed E-state index contributed by atoms with van der Waals surface area (Å²) < 4.78 is 10.2. The highest BCUT2D eigenvalue weighted by Crippen LogP contribution is 2.25. The summed E-state index contributed by atoms with van der Waals surface area (Å²) in [6.07, 6.45) is 0. The molecule has 5 nitrogen and oxygen atoms in total. The lowest BCUT2D eigenvalue weighted by Gasteiger charge is -2.16. The van der Waals surface area contributed by atoms with Gasteiger partial charge in [-0.05, 0) is 32.9 Å². The average Bonchev–Trinajstić information content (AvgIpc) is 2.96. The number of hydrogen-bond donors (Lipinski definition) is 0. The van der Waals surface area contributed by atoms with E-state index in [-0.39, 0.29) is 11.9 Å². The highest BCUT2D eigenvalue weighted by atomic mass is 32.2. The molecule has 0 spiro atoms. The monoisotopic (exact) mass is 306 g/mol. The summed E-state index contributed by atoms with van der Waals surface area (Å²) in [7, 11) is 0. The highest BCUT2D eigenvalue weighted by Gasteiger charge is 2.37. The molecule has 112 valence electrons. The SMILES string of the molecule is CCOC(=O)C(C)(C)c1nc(CSc2ccccc2)no1. The summed E-state index contributed by atoms with van der Waals surface area (Å²) in [6.45, 7) is 5.52. The Labute approximate surface area is 128 Å². The minimum absolute atomic E-state index is 0.282. The Kier molecular flexibility index (Phi) is 5.01. The first-order valence-electron chi connectivity index (χ1n) is 6.72. The summed E-state index contributed by atoms with van der Waals surface area (Å²) in [4.78, 5) is 17.3. The Morgan fingerprint density at radius 3 is 2.71 bits per heavy atom. The van der Waals surface area contributed by atoms with E-state index in [1.165, 1.54) is 0 Å². The molecule has 0 N–H and O–H groups in total. The van der Waals surface area contributed by atoms with Gasteiger partial charge < -0.3 is 9.26 Å². The van der Waals surface area contributed by atoms with Crippen LogP contribution in [0.3, 0.4) is 0 Å². The third-order valence-electron chi connectivity index (χ3n) is 2.90. The maximum absolute atomic E-state index is 11.9. The maximum atomic E-state index is 11.9. The van der Waals surface area contributed by atoms with E-state index in [9.17, 15) is 4.79 Å². The van der Waals surface area contributed by atoms with E-state index in [0.717, 1.165) is 4.90 Å². The number of benzene rings is 1. The third-order valence-corrected chi connectivity index (χ3v) is 3.91. The van der Waals surface area contributed by atoms with E-state index in [1.54, 1.807) is 32.5 Å². The number of rotatable bonds is 6. The summed E-state index contributed by atoms with van der Waals surface area (Å²) in [5.74, 6) is 1.07. The first kappa shape index (κ1) is 15.6. The van der Waals surface area contributed by atoms with Gasteiger partial charge in [-0.2, -0.15) is 4.98 Å². The van der Waals surface area contributed by atoms with E-state index < -0.39 is 5.41 Å². The van der Waals surface area contributed by atoms with Crippen molar-refractivity contribution >= 4 is 17.7 Å². The van der Waals surface area contributed by atoms with Gasteiger partial charge in [0.1, 0.15) is 5.41 Å². The number of thioether (sulfide) groups is 1. The van der Waals surface area contributed by atoms with Crippen LogP contribution in [0.1, 0.15) is 32.5 Å². The minimum Gasteiger partial charge on any atom is -0.465 e. The second kappa shape index (κ2) is 6.76. The van der Waals surface area contributed by atoms with Gasteiger partial charge in [0, 0.05) is 4.90 Å². The summed E-state index contributed by atoms with van der Waals surface area (Å²) in [5.41, 5.74) is -0.932. The normalized spacial score (nSPS) is 11.4. The van der Waals surface area contributed by atoms with Crippen LogP contribution in [-0.4, -0.2) is 22.7 Å². The standard InChI is InChI=1S/C15H18N2O3S/c1-4-19-14(18)15(2,3)13-16-12(17-20-13)10-21-11-8-6-5-7-9-11/h5-9H,4,10H2,1-3H3. The zero-order chi connectivity index (χ0) is 15.3. The molecular formula is C15H18N2O3S. The Bertz CT molecular complexity index is 596. The molecule has 0 unspecified atom stereocenters. The van der Waals surface area contributed by atoms with Crippen LogP contribution in [0.2, 0.25) is 0 Å². The number of hydrogen-bond acceptors (Lipinski definition) is 6. The molecule has 0 radical (unpaired) electrons. The second-order valence-electron chi connectivity index (χ2n) is 4.96. The van der Waals surface area contributed by atoms with Crippen LogP contribution in [0.5, 0.6) is 0 Å². The fraction of sp³-hybridized carbons (Fsp3) is 0.400. The van der Waals surface area contributed by atoms with Gasteiger partial charge in [-0.1, -0.05) is 23.4 Å². The lowest BCUT2D eigenvalue weighted by Crippen LogP contribution is -2.31. The van der Waals surface area contributed by atoms with Gasteiger partial charge >= 0.3 is 5.97 Å². The molecule has 1 aromatic heterocycles. The number of carbonyl (C=O) groups excluding carboxylic acids is 1. The number of carbonyl (C=O) groups is 1. The fourth-order valence-electron chi connectivity index (χ4n) is 1.63. The van der Waals surface area contributed by atoms with Crippen molar-refractivity contribution in [3.05, 3.63) is 42.0 Å². The molecule has 2 rings (SSSR count). The van der Waals surface area contributed by atoms with Crippen LogP contribution in [0.25, 0.3) is 0 Å². The van der Waals surface area contributed by atoms with E-state index in [4.69, 9.17) is 9.26 Å². The molecule has 2 aromatic rings. The summed E-state index contributed by atoms with van der Waals surface area (Å²) >= 11 is 1.61. The van der Waals surface area contributed by atoms with Crippen LogP contribution in [0.15, 0.2) is 39.8 Å². The van der Waals surface area contributed by atoms with Gasteiger partial charge in [-0.25, -0.2) is 0 Å². The van der Waals surface area contributed by atoms with Gasteiger partial charge in [-0.3, -0.25) is 4.79 Å². The van der Waals surface area contributed by atoms with E-state index in [0.29, 0.717) is 18.2 Å². The molecule has 21 heavy (non-hydrogen) atoms. The van der Waals surface area contributed by atoms with Gasteiger partial charge in [0.25, 0.3) is 0 Å². The van der Waals surface area contributed by atoms with Crippen molar-refractivity contribution in [1.82, 2.24) is 10.1 Å². The van der Waals surface area contributed by atoms with Crippen LogP contribution in [0.4, 0.5) is 0 Å². The van der Waals surface area contributed by atoms with Crippen molar-refractivity contribution in [2.75, 3.05) is 6.61 Å². The smallest absolute Gasteiger partial charge is 0.321 e. The number of nitrogens with zero attached hydrogens (tertiary/aromatic N) is 2. The van der Waals surface area contributed by atoms with Crippen LogP contribution < -0.4 is 0 Å². The molecule has 0 atom stereocenters. The molecule has 0 aliphatic rings. The number of esters is 1. The zero-order valence-electron chi connectivity index (χ0n) is 12.3. The Morgan fingerprint density at radius 1 is 1.33 bits per heavy atom. The number of ether oxygens (including phenoxy) is 1. The van der Waals surface area contributed by atoms with Gasteiger partial charge in [-0.15, -0.1) is 11.8 Å². The zero-order valence-corrected chi connectivity index (χ0v) is 13.1. The van der Waals surface area contributed by atoms with Crippen molar-refractivity contribution in [3.8, 4) is 0 Å². The van der Waals surface area contributed by atoms with Gasteiger partial charge in [0.2, 0.25) is 5.89 Å². The average molecular weight is 306 g/mol. The number of aromatic nitrogens is 2. The maximum Gasteiger partial charge on any atom is 0.321 e. The van der Waals surface area contributed by atoms with Crippen molar-refractivity contribution in [2.45, 2.75) is 36.8 Å². The molecule has 1 heterocycles. The van der Waals surface area contributed by atoms with Crippen molar-refractivity contribution in [2.24, 2.45) is 0 Å². The molecule has 1 aromatic carbocycles. The predicted molar refractivity (Wildman–Crippen MR) is 80.0 cm³/mol. The van der Waals surface area contributed by atoms with Crippen LogP contribution in [-0.2, 0) is 20.7 Å². The van der Waals surface area contributed by atoms with Crippen molar-refractivity contribution < 1.29 is 14.1 Å². The van der Waals surface area contributed by atoms with Crippen molar-refractivity contribution in [1.29, 1.82) is 0 Å². The van der Waals surface area contributed by atoms with Crippen LogP contribution in [0, 0.1) is 0 Å². The van der Waals surface area contributed by atoms with E-state index in [1.807, 2.05) is 30.3 Å². The Hall–Kier alpha value is -1.82. The molecule has 0 fully saturated rings. The molecule has 0 amide bonds. The molecule has 0 bridgehead atoms. The fourth-order valence-corrected chi connectivity index (χ4v) is 2.39. The van der Waals surface area contributed by atoms with Gasteiger partial charge in [0.05, 0.1) is 12.4 Å². The molecular weight excluding hydrogens is 288 g/mol. The van der Waals surface area contributed by atoms with Crippen LogP contribution >= 0.6 is 11.8 Å². The first-order valence-corrected chi connectivity index (χ1v) is 7.70. The Balaban J connectivity index is 2.02. The topological polar surface area (TPSA) is 65.2 Å². The lowest BCUT2D eigenvalue weighted by atomic mass is 9.94. The minimum atomic E-state index is -0.932. The van der Waals surface area contributed by atoms with E-state index >= 15 is 0 Å². The molecule has 0 saturated carbocycles. The van der Waals surface area contributed by atoms with E-state index in [2.05, 4.69) is 10.1 Å². The summed E-state index contributed by atoms with van der Waals surface area (Å²) in [5, 5.41) is 3.93. The third kappa shape index (κ3) is 3.85. The predicted octanol–water partition coefficient (Wildman–Crippen LogP) is 3.20. The first-order chi connectivity index (χ1) is 10.0. The molecule has 6 heteroatoms. The summed E-state index contributed by atoms with van der Waals surface area (Å²) in [6, 6.07) is 9.97. The molecule has 0 aliphatic carbocycles. The van der Waals surface area contributed by atoms with Crippen molar-refractivity contribution in [3.63, 3.8) is 0 Å². The Morgan fingerprint density at radius 2 is 2.05 bits per heavy atom. The lowest BCUT2D eigenvalue weighted by molar-refractivity contribution is -0.149. The quantitative estimate of drug-likeness (QED) is 0.603. The molecule has 0 aliphatic heterocycles. The van der Waals surface area contributed by atoms with Gasteiger partial charge in [0.15, 0.2) is 5.82 Å². The largest absolute Gasteiger partial charge is 0.465 e. The highest BCUT2D eigenvalue weighted by molar-refractivity contribution is 7.98.